The van der Waals surface area contributed by atoms with E-state index in [0.29, 0.717) is 0 Å². The summed E-state index contributed by atoms with van der Waals surface area (Å²) in [7, 11) is 0. The molecule has 0 unspecified atom stereocenters. The number of hydrogen-bond acceptors (Lipinski definition) is 2. The summed E-state index contributed by atoms with van der Waals surface area (Å²) < 4.78 is 4.73. The second kappa shape index (κ2) is 10.3. The van der Waals surface area contributed by atoms with Crippen molar-refractivity contribution in [1.82, 2.24) is 19.1 Å². The predicted molar refractivity (Wildman–Crippen MR) is 216 cm³/mol. The zero-order valence-corrected chi connectivity index (χ0v) is 28.0. The SMILES string of the molecule is c1ccc(-n2c3ccccc3c3cc(-c4ccc5c(c4)c4c6ccccc6ccc4n5-c4cc5cccc6c5c(n4)-c4cccnc4-6)ccc32)cc1. The lowest BCUT2D eigenvalue weighted by Gasteiger charge is -2.11. The Hall–Kier alpha value is -7.04. The molecule has 7 aromatic carbocycles. The fourth-order valence-corrected chi connectivity index (χ4v) is 8.84. The number of nitrogens with zero attached hydrogens (tertiary/aromatic N) is 4. The maximum absolute atomic E-state index is 5.43. The van der Waals surface area contributed by atoms with Gasteiger partial charge in [0.2, 0.25) is 0 Å². The predicted octanol–water partition coefficient (Wildman–Crippen LogP) is 12.3. The lowest BCUT2D eigenvalue weighted by atomic mass is 9.99. The Labute approximate surface area is 298 Å². The number of rotatable bonds is 3. The first-order valence-corrected chi connectivity index (χ1v) is 17.7. The zero-order valence-electron chi connectivity index (χ0n) is 28.0. The third-order valence-corrected chi connectivity index (χ3v) is 11.1. The van der Waals surface area contributed by atoms with Crippen LogP contribution in [0.4, 0.5) is 0 Å². The Balaban J connectivity index is 1.12. The van der Waals surface area contributed by atoms with Crippen LogP contribution in [0.1, 0.15) is 0 Å². The van der Waals surface area contributed by atoms with Crippen LogP contribution in [0.25, 0.3) is 110 Å². The molecule has 11 aromatic rings. The lowest BCUT2D eigenvalue weighted by Crippen LogP contribution is -1.99. The summed E-state index contributed by atoms with van der Waals surface area (Å²) in [6.07, 6.45) is 1.87. The van der Waals surface area contributed by atoms with Gasteiger partial charge in [0.15, 0.2) is 0 Å². The smallest absolute Gasteiger partial charge is 0.138 e. The van der Waals surface area contributed by atoms with E-state index in [1.54, 1.807) is 0 Å². The molecule has 4 heteroatoms. The molecule has 4 aromatic heterocycles. The monoisotopic (exact) mass is 660 g/mol. The number of aromatic nitrogens is 4. The molecule has 0 saturated carbocycles. The molecule has 1 aliphatic rings. The van der Waals surface area contributed by atoms with Crippen molar-refractivity contribution in [3.05, 3.63) is 170 Å². The summed E-state index contributed by atoms with van der Waals surface area (Å²) in [6, 6.07) is 59.4. The Morgan fingerprint density at radius 1 is 0.385 bits per heavy atom. The van der Waals surface area contributed by atoms with Gasteiger partial charge < -0.3 is 4.57 Å². The highest BCUT2D eigenvalue weighted by Gasteiger charge is 2.26. The van der Waals surface area contributed by atoms with E-state index in [1.165, 1.54) is 70.9 Å². The summed E-state index contributed by atoms with van der Waals surface area (Å²) in [5, 5.41) is 9.77. The molecule has 0 bridgehead atoms. The molecular formula is C48H28N4. The van der Waals surface area contributed by atoms with Gasteiger partial charge in [0, 0.05) is 49.9 Å². The lowest BCUT2D eigenvalue weighted by molar-refractivity contribution is 1.09. The van der Waals surface area contributed by atoms with Crippen molar-refractivity contribution >= 4 is 65.2 Å². The second-order valence-electron chi connectivity index (χ2n) is 13.8. The van der Waals surface area contributed by atoms with Gasteiger partial charge in [-0.1, -0.05) is 97.1 Å². The highest BCUT2D eigenvalue weighted by atomic mass is 15.1. The average Bonchev–Trinajstić information content (AvgIpc) is 3.84. The van der Waals surface area contributed by atoms with E-state index < -0.39 is 0 Å². The van der Waals surface area contributed by atoms with Crippen LogP contribution in [0, 0.1) is 0 Å². The molecule has 0 amide bonds. The second-order valence-corrected chi connectivity index (χ2v) is 13.8. The van der Waals surface area contributed by atoms with Gasteiger partial charge in [0.05, 0.1) is 33.5 Å². The van der Waals surface area contributed by atoms with Crippen LogP contribution in [0.2, 0.25) is 0 Å². The molecule has 0 N–H and O–H groups in total. The molecule has 240 valence electrons. The third-order valence-electron chi connectivity index (χ3n) is 11.1. The van der Waals surface area contributed by atoms with Crippen LogP contribution in [0.3, 0.4) is 0 Å². The fourth-order valence-electron chi connectivity index (χ4n) is 8.84. The van der Waals surface area contributed by atoms with E-state index in [1.807, 2.05) is 12.3 Å². The van der Waals surface area contributed by atoms with Gasteiger partial charge in [0.1, 0.15) is 5.82 Å². The molecule has 4 heterocycles. The largest absolute Gasteiger partial charge is 0.309 e. The standard InChI is InChI=1S/C48H28N4/c1-2-12-33(13-3-1)51-40-18-7-6-15-35(40)38-26-30(20-22-41(38)51)31-21-23-42-39(27-31)46-34-14-5-4-10-29(34)19-24-43(46)52(42)44-28-32-11-8-16-36-45(32)48(50-44)37-17-9-25-49-47(36)37/h1-28H. The zero-order chi connectivity index (χ0) is 33.9. The molecule has 0 atom stereocenters. The maximum Gasteiger partial charge on any atom is 0.138 e. The Bertz CT molecular complexity index is 3290. The van der Waals surface area contributed by atoms with Crippen LogP contribution in [0.15, 0.2) is 170 Å². The summed E-state index contributed by atoms with van der Waals surface area (Å²) >= 11 is 0. The minimum absolute atomic E-state index is 0.912. The van der Waals surface area contributed by atoms with Crippen LogP contribution in [0.5, 0.6) is 0 Å². The average molecular weight is 661 g/mol. The van der Waals surface area contributed by atoms with E-state index in [4.69, 9.17) is 9.97 Å². The number of hydrogen-bond donors (Lipinski definition) is 0. The van der Waals surface area contributed by atoms with Crippen molar-refractivity contribution in [3.63, 3.8) is 0 Å². The molecule has 0 radical (unpaired) electrons. The minimum Gasteiger partial charge on any atom is -0.309 e. The molecule has 4 nitrogen and oxygen atoms in total. The molecular weight excluding hydrogens is 633 g/mol. The third kappa shape index (κ3) is 3.70. The Kier molecular flexibility index (Phi) is 5.47. The topological polar surface area (TPSA) is 35.6 Å². The van der Waals surface area contributed by atoms with Crippen molar-refractivity contribution < 1.29 is 0 Å². The number of para-hydroxylation sites is 2. The quantitative estimate of drug-likeness (QED) is 0.189. The van der Waals surface area contributed by atoms with E-state index >= 15 is 0 Å². The van der Waals surface area contributed by atoms with Gasteiger partial charge >= 0.3 is 0 Å². The van der Waals surface area contributed by atoms with E-state index in [-0.39, 0.29) is 0 Å². The van der Waals surface area contributed by atoms with Gasteiger partial charge in [-0.25, -0.2) is 4.98 Å². The van der Waals surface area contributed by atoms with E-state index in [2.05, 4.69) is 167 Å². The minimum atomic E-state index is 0.912. The van der Waals surface area contributed by atoms with Gasteiger partial charge in [-0.2, -0.15) is 0 Å². The first-order chi connectivity index (χ1) is 25.8. The van der Waals surface area contributed by atoms with Crippen molar-refractivity contribution in [2.24, 2.45) is 0 Å². The summed E-state index contributed by atoms with van der Waals surface area (Å²) in [6.45, 7) is 0. The molecule has 1 aliphatic carbocycles. The van der Waals surface area contributed by atoms with Crippen molar-refractivity contribution in [3.8, 4) is 45.1 Å². The molecule has 12 rings (SSSR count). The molecule has 0 fully saturated rings. The fraction of sp³-hybridized carbons (Fsp3) is 0. The van der Waals surface area contributed by atoms with E-state index in [9.17, 15) is 0 Å². The normalized spacial score (nSPS) is 12.2. The first kappa shape index (κ1) is 27.7. The van der Waals surface area contributed by atoms with Crippen molar-refractivity contribution in [2.75, 3.05) is 0 Å². The van der Waals surface area contributed by atoms with Crippen LogP contribution < -0.4 is 0 Å². The molecule has 0 saturated heterocycles. The summed E-state index contributed by atoms with van der Waals surface area (Å²) in [5.41, 5.74) is 12.5. The molecule has 0 spiro atoms. The number of pyridine rings is 2. The van der Waals surface area contributed by atoms with Gasteiger partial charge in [0.25, 0.3) is 0 Å². The van der Waals surface area contributed by atoms with Crippen LogP contribution >= 0.6 is 0 Å². The Morgan fingerprint density at radius 2 is 1.08 bits per heavy atom. The van der Waals surface area contributed by atoms with Crippen molar-refractivity contribution in [2.45, 2.75) is 0 Å². The van der Waals surface area contributed by atoms with Gasteiger partial charge in [-0.3, -0.25) is 9.55 Å². The van der Waals surface area contributed by atoms with Crippen LogP contribution in [-0.2, 0) is 0 Å². The molecule has 0 aliphatic heterocycles. The molecule has 52 heavy (non-hydrogen) atoms. The van der Waals surface area contributed by atoms with Crippen LogP contribution in [-0.4, -0.2) is 19.1 Å². The first-order valence-electron chi connectivity index (χ1n) is 17.7. The summed E-state index contributed by atoms with van der Waals surface area (Å²) in [5.74, 6) is 0.912. The maximum atomic E-state index is 5.43. The highest BCUT2D eigenvalue weighted by Crippen LogP contribution is 2.47. The number of benzene rings is 7. The number of fused-ring (bicyclic) bond motifs is 11. The Morgan fingerprint density at radius 3 is 1.96 bits per heavy atom. The summed E-state index contributed by atoms with van der Waals surface area (Å²) in [4.78, 5) is 10.2. The van der Waals surface area contributed by atoms with E-state index in [0.717, 1.165) is 39.4 Å². The van der Waals surface area contributed by atoms with Gasteiger partial charge in [-0.15, -0.1) is 0 Å². The highest BCUT2D eigenvalue weighted by molar-refractivity contribution is 6.22. The van der Waals surface area contributed by atoms with Crippen molar-refractivity contribution in [1.29, 1.82) is 0 Å². The van der Waals surface area contributed by atoms with Gasteiger partial charge in [-0.05, 0) is 94.0 Å².